The number of hydrogen-bond donors (Lipinski definition) is 0. The lowest BCUT2D eigenvalue weighted by Crippen LogP contribution is -2.54. The van der Waals surface area contributed by atoms with Gasteiger partial charge in [0.05, 0.1) is 12.7 Å². The quantitative estimate of drug-likeness (QED) is 0.773. The molecule has 28 heavy (non-hydrogen) atoms. The van der Waals surface area contributed by atoms with E-state index in [4.69, 9.17) is 21.1 Å². The van der Waals surface area contributed by atoms with Gasteiger partial charge >= 0.3 is 6.03 Å². The van der Waals surface area contributed by atoms with E-state index in [9.17, 15) is 9.59 Å². The van der Waals surface area contributed by atoms with Gasteiger partial charge < -0.3 is 19.3 Å². The van der Waals surface area contributed by atoms with E-state index in [2.05, 4.69) is 0 Å². The fraction of sp³-hybridized carbons (Fsp3) is 0.619. The van der Waals surface area contributed by atoms with Crippen LogP contribution in [0, 0.1) is 11.8 Å². The number of urea groups is 1. The van der Waals surface area contributed by atoms with E-state index < -0.39 is 0 Å². The highest BCUT2D eigenvalue weighted by atomic mass is 35.5. The molecule has 1 aromatic carbocycles. The molecule has 0 N–H and O–H groups in total. The standard InChI is InChI=1S/C21H27ClN2O4/c22-17-1-3-19(4-2-17)27-13-15-5-8-23(9-6-15)21(26)24-10-7-20-16(12-24)11-18(25)14-28-20/h1-4,15-16,20H,5-14H2/t16-,20+/m1/s1. The highest BCUT2D eigenvalue weighted by Crippen LogP contribution is 2.28. The Morgan fingerprint density at radius 2 is 1.82 bits per heavy atom. The number of ether oxygens (including phenoxy) is 2. The van der Waals surface area contributed by atoms with E-state index in [0.29, 0.717) is 37.1 Å². The molecule has 0 radical (unpaired) electrons. The summed E-state index contributed by atoms with van der Waals surface area (Å²) in [5.41, 5.74) is 0. The lowest BCUT2D eigenvalue weighted by Gasteiger charge is -2.43. The van der Waals surface area contributed by atoms with E-state index in [0.717, 1.165) is 38.1 Å². The summed E-state index contributed by atoms with van der Waals surface area (Å²) in [6.07, 6.45) is 3.40. The van der Waals surface area contributed by atoms with E-state index in [1.165, 1.54) is 0 Å². The zero-order valence-corrected chi connectivity index (χ0v) is 16.8. The van der Waals surface area contributed by atoms with Crippen LogP contribution in [0.15, 0.2) is 24.3 Å². The van der Waals surface area contributed by atoms with E-state index in [-0.39, 0.29) is 30.4 Å². The molecular formula is C21H27ClN2O4. The van der Waals surface area contributed by atoms with Crippen LogP contribution in [0.1, 0.15) is 25.7 Å². The molecule has 0 unspecified atom stereocenters. The molecule has 7 heteroatoms. The summed E-state index contributed by atoms with van der Waals surface area (Å²) in [6, 6.07) is 7.52. The first kappa shape index (κ1) is 19.5. The second kappa shape index (κ2) is 8.70. The van der Waals surface area contributed by atoms with Crippen LogP contribution < -0.4 is 4.74 Å². The van der Waals surface area contributed by atoms with Crippen molar-refractivity contribution in [2.75, 3.05) is 39.4 Å². The average molecular weight is 407 g/mol. The Morgan fingerprint density at radius 3 is 2.57 bits per heavy atom. The van der Waals surface area contributed by atoms with Crippen molar-refractivity contribution in [3.8, 4) is 5.75 Å². The van der Waals surface area contributed by atoms with Crippen molar-refractivity contribution < 1.29 is 19.1 Å². The molecule has 0 saturated carbocycles. The molecule has 2 atom stereocenters. The number of rotatable bonds is 3. The maximum atomic E-state index is 12.9. The molecule has 4 rings (SSSR count). The number of hydrogen-bond acceptors (Lipinski definition) is 4. The summed E-state index contributed by atoms with van der Waals surface area (Å²) < 4.78 is 11.5. The molecule has 0 aromatic heterocycles. The topological polar surface area (TPSA) is 59.1 Å². The second-order valence-electron chi connectivity index (χ2n) is 8.06. The zero-order chi connectivity index (χ0) is 19.5. The van der Waals surface area contributed by atoms with Gasteiger partial charge in [0.1, 0.15) is 12.4 Å². The molecule has 2 amide bonds. The minimum absolute atomic E-state index is 0.105. The predicted molar refractivity (Wildman–Crippen MR) is 106 cm³/mol. The van der Waals surface area contributed by atoms with Crippen LogP contribution in [0.3, 0.4) is 0 Å². The molecule has 152 valence electrons. The third kappa shape index (κ3) is 4.61. The Kier molecular flexibility index (Phi) is 6.07. The van der Waals surface area contributed by atoms with Crippen molar-refractivity contribution in [2.45, 2.75) is 31.8 Å². The van der Waals surface area contributed by atoms with Gasteiger partial charge in [-0.25, -0.2) is 4.79 Å². The monoisotopic (exact) mass is 406 g/mol. The molecule has 0 aliphatic carbocycles. The molecule has 3 aliphatic rings. The normalized spacial score (nSPS) is 26.1. The van der Waals surface area contributed by atoms with Crippen molar-refractivity contribution in [1.82, 2.24) is 9.80 Å². The Bertz CT molecular complexity index is 703. The van der Waals surface area contributed by atoms with Gasteiger partial charge in [0.2, 0.25) is 0 Å². The summed E-state index contributed by atoms with van der Waals surface area (Å²) in [5.74, 6) is 1.59. The molecule has 6 nitrogen and oxygen atoms in total. The smallest absolute Gasteiger partial charge is 0.320 e. The second-order valence-corrected chi connectivity index (χ2v) is 8.50. The number of benzene rings is 1. The number of ketones is 1. The third-order valence-corrected chi connectivity index (χ3v) is 6.32. The van der Waals surface area contributed by atoms with E-state index in [1.807, 2.05) is 34.1 Å². The number of fused-ring (bicyclic) bond motifs is 1. The zero-order valence-electron chi connectivity index (χ0n) is 16.0. The highest BCUT2D eigenvalue weighted by Gasteiger charge is 2.38. The number of piperidine rings is 2. The predicted octanol–water partition coefficient (Wildman–Crippen LogP) is 3.23. The molecule has 0 bridgehead atoms. The van der Waals surface area contributed by atoms with Crippen LogP contribution in [0.4, 0.5) is 4.79 Å². The molecule has 3 heterocycles. The van der Waals surface area contributed by atoms with Gasteiger partial charge in [0.25, 0.3) is 0 Å². The first-order valence-electron chi connectivity index (χ1n) is 10.1. The lowest BCUT2D eigenvalue weighted by molar-refractivity contribution is -0.140. The summed E-state index contributed by atoms with van der Waals surface area (Å²) in [5, 5.41) is 0.701. The Labute approximate surface area is 170 Å². The largest absolute Gasteiger partial charge is 0.493 e. The molecular weight excluding hydrogens is 380 g/mol. The van der Waals surface area contributed by atoms with Crippen molar-refractivity contribution in [1.29, 1.82) is 0 Å². The van der Waals surface area contributed by atoms with Crippen LogP contribution in [-0.4, -0.2) is 67.1 Å². The van der Waals surface area contributed by atoms with Crippen LogP contribution >= 0.6 is 11.6 Å². The first-order chi connectivity index (χ1) is 13.6. The molecule has 0 spiro atoms. The van der Waals surface area contributed by atoms with Crippen LogP contribution in [0.5, 0.6) is 5.75 Å². The lowest BCUT2D eigenvalue weighted by atomic mass is 9.88. The van der Waals surface area contributed by atoms with E-state index in [1.54, 1.807) is 0 Å². The maximum absolute atomic E-state index is 12.9. The van der Waals surface area contributed by atoms with Crippen LogP contribution in [0.25, 0.3) is 0 Å². The van der Waals surface area contributed by atoms with Crippen LogP contribution in [-0.2, 0) is 9.53 Å². The van der Waals surface area contributed by atoms with Gasteiger partial charge in [-0.3, -0.25) is 4.79 Å². The minimum Gasteiger partial charge on any atom is -0.493 e. The number of carbonyl (C=O) groups excluding carboxylic acids is 2. The van der Waals surface area contributed by atoms with E-state index >= 15 is 0 Å². The third-order valence-electron chi connectivity index (χ3n) is 6.07. The van der Waals surface area contributed by atoms with Crippen molar-refractivity contribution in [3.05, 3.63) is 29.3 Å². The minimum atomic E-state index is 0.105. The fourth-order valence-electron chi connectivity index (χ4n) is 4.39. The number of nitrogens with zero attached hydrogens (tertiary/aromatic N) is 2. The number of likely N-dealkylation sites (tertiary alicyclic amines) is 2. The van der Waals surface area contributed by atoms with Crippen LogP contribution in [0.2, 0.25) is 5.02 Å². The van der Waals surface area contributed by atoms with Crippen molar-refractivity contribution in [3.63, 3.8) is 0 Å². The van der Waals surface area contributed by atoms with Gasteiger partial charge in [-0.1, -0.05) is 11.6 Å². The van der Waals surface area contributed by atoms with Crippen molar-refractivity contribution in [2.24, 2.45) is 11.8 Å². The highest BCUT2D eigenvalue weighted by molar-refractivity contribution is 6.30. The average Bonchev–Trinajstić information content (AvgIpc) is 2.72. The Balaban J connectivity index is 1.22. The number of halogens is 1. The summed E-state index contributed by atoms with van der Waals surface area (Å²) in [7, 11) is 0. The van der Waals surface area contributed by atoms with Gasteiger partial charge in [-0.05, 0) is 49.4 Å². The summed E-state index contributed by atoms with van der Waals surface area (Å²) >= 11 is 5.89. The summed E-state index contributed by atoms with van der Waals surface area (Å²) in [4.78, 5) is 28.4. The number of carbonyl (C=O) groups is 2. The van der Waals surface area contributed by atoms with Gasteiger partial charge in [0.15, 0.2) is 5.78 Å². The molecule has 3 saturated heterocycles. The Morgan fingerprint density at radius 1 is 1.11 bits per heavy atom. The summed E-state index contributed by atoms with van der Waals surface area (Å²) in [6.45, 7) is 3.76. The SMILES string of the molecule is O=C1CO[C@H]2CCN(C(=O)N3CCC(COc4ccc(Cl)cc4)CC3)C[C@H]2C1. The van der Waals surface area contributed by atoms with Gasteiger partial charge in [0, 0.05) is 43.5 Å². The van der Waals surface area contributed by atoms with Crippen molar-refractivity contribution >= 4 is 23.4 Å². The maximum Gasteiger partial charge on any atom is 0.320 e. The van der Waals surface area contributed by atoms with Gasteiger partial charge in [-0.2, -0.15) is 0 Å². The fourth-order valence-corrected chi connectivity index (χ4v) is 4.51. The Hall–Kier alpha value is -1.79. The molecule has 3 fully saturated rings. The molecule has 1 aromatic rings. The first-order valence-corrected chi connectivity index (χ1v) is 10.5. The number of Topliss-reactive ketones (excluding diaryl/α,β-unsaturated/α-hetero) is 1. The molecule has 3 aliphatic heterocycles. The number of amides is 2. The van der Waals surface area contributed by atoms with Gasteiger partial charge in [-0.15, -0.1) is 0 Å².